The molecular weight excluding hydrogens is 344 g/mol. The Bertz CT molecular complexity index is 1160. The Kier molecular flexibility index (Phi) is 4.18. The zero-order valence-corrected chi connectivity index (χ0v) is 14.5. The molecule has 4 rings (SSSR count). The quantitative estimate of drug-likeness (QED) is 0.581. The van der Waals surface area contributed by atoms with Gasteiger partial charge in [0.2, 0.25) is 0 Å². The Morgan fingerprint density at radius 2 is 1.81 bits per heavy atom. The maximum absolute atomic E-state index is 12.5. The van der Waals surface area contributed by atoms with Crippen molar-refractivity contribution in [2.45, 2.75) is 0 Å². The standard InChI is InChI=1S/C20H16N4O3/c1-24-16-6-3-2-5-15(16)22-18(20(24)26)21-14-10-8-13(9-11-14)19(25)23-17-7-4-12-27-17/h2-12H,1H3,(H,21,22)(H,23,25). The Hall–Kier alpha value is -3.87. The maximum atomic E-state index is 12.5. The van der Waals surface area contributed by atoms with E-state index in [9.17, 15) is 9.59 Å². The fourth-order valence-corrected chi connectivity index (χ4v) is 2.74. The number of benzene rings is 2. The molecule has 0 bridgehead atoms. The summed E-state index contributed by atoms with van der Waals surface area (Å²) in [5.41, 5.74) is 2.38. The van der Waals surface area contributed by atoms with Gasteiger partial charge >= 0.3 is 0 Å². The molecule has 27 heavy (non-hydrogen) atoms. The minimum atomic E-state index is -0.281. The molecule has 4 aromatic rings. The highest BCUT2D eigenvalue weighted by molar-refractivity contribution is 6.03. The van der Waals surface area contributed by atoms with Crippen LogP contribution in [-0.2, 0) is 7.05 Å². The molecule has 0 aliphatic carbocycles. The van der Waals surface area contributed by atoms with Crippen molar-refractivity contribution >= 4 is 34.3 Å². The summed E-state index contributed by atoms with van der Waals surface area (Å²) in [7, 11) is 1.71. The van der Waals surface area contributed by atoms with E-state index in [0.29, 0.717) is 17.1 Å². The molecule has 2 aromatic carbocycles. The first kappa shape index (κ1) is 16.6. The van der Waals surface area contributed by atoms with E-state index in [1.807, 2.05) is 24.3 Å². The maximum Gasteiger partial charge on any atom is 0.293 e. The van der Waals surface area contributed by atoms with Gasteiger partial charge in [-0.25, -0.2) is 4.98 Å². The van der Waals surface area contributed by atoms with Gasteiger partial charge in [-0.1, -0.05) is 12.1 Å². The SMILES string of the molecule is Cn1c(=O)c(Nc2ccc(C(=O)Nc3ccco3)cc2)nc2ccccc21. The number of furan rings is 1. The largest absolute Gasteiger partial charge is 0.449 e. The molecule has 2 N–H and O–H groups in total. The molecular formula is C20H16N4O3. The molecule has 0 saturated carbocycles. The summed E-state index contributed by atoms with van der Waals surface area (Å²) in [5, 5.41) is 5.67. The second kappa shape index (κ2) is 6.80. The number of carbonyl (C=O) groups is 1. The summed E-state index contributed by atoms with van der Waals surface area (Å²) in [6, 6.07) is 17.5. The molecule has 0 unspecified atom stereocenters. The minimum Gasteiger partial charge on any atom is -0.449 e. The number of aryl methyl sites for hydroxylation is 1. The van der Waals surface area contributed by atoms with Crippen molar-refractivity contribution in [3.05, 3.63) is 82.8 Å². The number of anilines is 3. The van der Waals surface area contributed by atoms with Crippen molar-refractivity contribution in [3.8, 4) is 0 Å². The van der Waals surface area contributed by atoms with E-state index in [4.69, 9.17) is 4.42 Å². The summed E-state index contributed by atoms with van der Waals surface area (Å²) in [6.07, 6.45) is 1.49. The van der Waals surface area contributed by atoms with Crippen LogP contribution in [0.25, 0.3) is 11.0 Å². The van der Waals surface area contributed by atoms with Crippen LogP contribution >= 0.6 is 0 Å². The van der Waals surface area contributed by atoms with Gasteiger partial charge in [0, 0.05) is 24.4 Å². The van der Waals surface area contributed by atoms with Crippen molar-refractivity contribution in [1.29, 1.82) is 0 Å². The second-order valence-electron chi connectivity index (χ2n) is 5.95. The Morgan fingerprint density at radius 1 is 1.04 bits per heavy atom. The lowest BCUT2D eigenvalue weighted by atomic mass is 10.2. The zero-order valence-electron chi connectivity index (χ0n) is 14.5. The molecule has 0 radical (unpaired) electrons. The number of amides is 1. The average molecular weight is 360 g/mol. The molecule has 0 aliphatic heterocycles. The fourth-order valence-electron chi connectivity index (χ4n) is 2.74. The molecule has 0 atom stereocenters. The highest BCUT2D eigenvalue weighted by Crippen LogP contribution is 2.17. The van der Waals surface area contributed by atoms with E-state index in [1.165, 1.54) is 6.26 Å². The van der Waals surface area contributed by atoms with Crippen molar-refractivity contribution in [1.82, 2.24) is 9.55 Å². The molecule has 0 spiro atoms. The van der Waals surface area contributed by atoms with Crippen molar-refractivity contribution in [3.63, 3.8) is 0 Å². The third-order valence-electron chi connectivity index (χ3n) is 4.15. The van der Waals surface area contributed by atoms with Crippen LogP contribution in [0.2, 0.25) is 0 Å². The van der Waals surface area contributed by atoms with Gasteiger partial charge in [-0.15, -0.1) is 0 Å². The number of fused-ring (bicyclic) bond motifs is 1. The van der Waals surface area contributed by atoms with Crippen LogP contribution in [0.3, 0.4) is 0 Å². The summed E-state index contributed by atoms with van der Waals surface area (Å²) < 4.78 is 6.65. The molecule has 0 aliphatic rings. The number of carbonyl (C=O) groups excluding carboxylic acids is 1. The van der Waals surface area contributed by atoms with Gasteiger partial charge in [0.05, 0.1) is 17.3 Å². The molecule has 0 saturated heterocycles. The number of nitrogens with one attached hydrogen (secondary N) is 2. The van der Waals surface area contributed by atoms with E-state index in [0.717, 1.165) is 11.0 Å². The van der Waals surface area contributed by atoms with Crippen LogP contribution in [0.5, 0.6) is 0 Å². The molecule has 134 valence electrons. The summed E-state index contributed by atoms with van der Waals surface area (Å²) in [5.74, 6) is 0.325. The number of hydrogen-bond acceptors (Lipinski definition) is 5. The van der Waals surface area contributed by atoms with E-state index >= 15 is 0 Å². The monoisotopic (exact) mass is 360 g/mol. The smallest absolute Gasteiger partial charge is 0.293 e. The minimum absolute atomic E-state index is 0.226. The van der Waals surface area contributed by atoms with E-state index in [1.54, 1.807) is 48.0 Å². The second-order valence-corrected chi connectivity index (χ2v) is 5.95. The number of para-hydroxylation sites is 2. The molecule has 0 fully saturated rings. The predicted molar refractivity (Wildman–Crippen MR) is 103 cm³/mol. The predicted octanol–water partition coefficient (Wildman–Crippen LogP) is 3.52. The van der Waals surface area contributed by atoms with E-state index in [2.05, 4.69) is 15.6 Å². The first-order chi connectivity index (χ1) is 13.1. The van der Waals surface area contributed by atoms with Crippen LogP contribution in [0, 0.1) is 0 Å². The number of hydrogen-bond donors (Lipinski definition) is 2. The van der Waals surface area contributed by atoms with Gasteiger partial charge < -0.3 is 14.3 Å². The molecule has 2 heterocycles. The van der Waals surface area contributed by atoms with Crippen molar-refractivity contribution < 1.29 is 9.21 Å². The van der Waals surface area contributed by atoms with Gasteiger partial charge in [0.15, 0.2) is 11.7 Å². The first-order valence-electron chi connectivity index (χ1n) is 8.29. The average Bonchev–Trinajstić information content (AvgIpc) is 3.19. The zero-order chi connectivity index (χ0) is 18.8. The van der Waals surface area contributed by atoms with Crippen LogP contribution in [0.15, 0.2) is 76.1 Å². The summed E-state index contributed by atoms with van der Waals surface area (Å²) in [4.78, 5) is 29.1. The summed E-state index contributed by atoms with van der Waals surface area (Å²) in [6.45, 7) is 0. The Balaban J connectivity index is 1.57. The third kappa shape index (κ3) is 3.30. The number of rotatable bonds is 4. The topological polar surface area (TPSA) is 89.2 Å². The molecule has 7 nitrogen and oxygen atoms in total. The highest BCUT2D eigenvalue weighted by atomic mass is 16.3. The van der Waals surface area contributed by atoms with Gasteiger partial charge in [0.1, 0.15) is 0 Å². The first-order valence-corrected chi connectivity index (χ1v) is 8.29. The van der Waals surface area contributed by atoms with Crippen LogP contribution in [0.1, 0.15) is 10.4 Å². The lowest BCUT2D eigenvalue weighted by Gasteiger charge is -2.10. The van der Waals surface area contributed by atoms with E-state index < -0.39 is 0 Å². The van der Waals surface area contributed by atoms with Crippen LogP contribution in [-0.4, -0.2) is 15.5 Å². The number of nitrogens with zero attached hydrogens (tertiary/aromatic N) is 2. The fraction of sp³-hybridized carbons (Fsp3) is 0.0500. The molecule has 2 aromatic heterocycles. The van der Waals surface area contributed by atoms with Crippen molar-refractivity contribution in [2.24, 2.45) is 7.05 Å². The van der Waals surface area contributed by atoms with E-state index in [-0.39, 0.29) is 17.3 Å². The molecule has 1 amide bonds. The van der Waals surface area contributed by atoms with Crippen LogP contribution in [0.4, 0.5) is 17.4 Å². The van der Waals surface area contributed by atoms with Crippen LogP contribution < -0.4 is 16.2 Å². The van der Waals surface area contributed by atoms with Gasteiger partial charge in [-0.05, 0) is 42.5 Å². The third-order valence-corrected chi connectivity index (χ3v) is 4.15. The number of aromatic nitrogens is 2. The Morgan fingerprint density at radius 3 is 2.56 bits per heavy atom. The Labute approximate surface area is 154 Å². The van der Waals surface area contributed by atoms with Gasteiger partial charge in [-0.3, -0.25) is 14.9 Å². The lowest BCUT2D eigenvalue weighted by Crippen LogP contribution is -2.21. The van der Waals surface area contributed by atoms with Gasteiger partial charge in [-0.2, -0.15) is 0 Å². The highest BCUT2D eigenvalue weighted by Gasteiger charge is 2.10. The molecule has 7 heteroatoms. The summed E-state index contributed by atoms with van der Waals surface area (Å²) >= 11 is 0. The van der Waals surface area contributed by atoms with Gasteiger partial charge in [0.25, 0.3) is 11.5 Å². The lowest BCUT2D eigenvalue weighted by molar-refractivity contribution is 0.102. The normalized spacial score (nSPS) is 10.7. The van der Waals surface area contributed by atoms with Crippen molar-refractivity contribution in [2.75, 3.05) is 10.6 Å².